The lowest BCUT2D eigenvalue weighted by Crippen LogP contribution is -2.47. The topological polar surface area (TPSA) is 84.2 Å². The zero-order valence-corrected chi connectivity index (χ0v) is 15.2. The SMILES string of the molecule is CCC(CC)(CN)C(=O)NCC(=O)Nc1ccc(Br)cc1.Cl. The van der Waals surface area contributed by atoms with Crippen molar-refractivity contribution in [1.82, 2.24) is 5.32 Å². The molecule has 5 nitrogen and oxygen atoms in total. The van der Waals surface area contributed by atoms with Crippen molar-refractivity contribution in [3.63, 3.8) is 0 Å². The number of hydrogen-bond donors (Lipinski definition) is 3. The fourth-order valence-corrected chi connectivity index (χ4v) is 2.30. The van der Waals surface area contributed by atoms with Crippen LogP contribution in [0.1, 0.15) is 26.7 Å². The molecule has 0 bridgehead atoms. The molecule has 0 saturated heterocycles. The van der Waals surface area contributed by atoms with Crippen molar-refractivity contribution in [2.24, 2.45) is 11.1 Å². The molecule has 124 valence electrons. The first-order chi connectivity index (χ1) is 9.97. The Hall–Kier alpha value is -1.11. The van der Waals surface area contributed by atoms with E-state index in [1.54, 1.807) is 12.1 Å². The van der Waals surface area contributed by atoms with Crippen LogP contribution in [-0.4, -0.2) is 24.9 Å². The van der Waals surface area contributed by atoms with Gasteiger partial charge in [0, 0.05) is 16.7 Å². The number of carbonyl (C=O) groups excluding carboxylic acids is 2. The van der Waals surface area contributed by atoms with E-state index in [0.29, 0.717) is 18.5 Å². The highest BCUT2D eigenvalue weighted by Crippen LogP contribution is 2.24. The minimum Gasteiger partial charge on any atom is -0.347 e. The molecule has 0 aromatic heterocycles. The van der Waals surface area contributed by atoms with Gasteiger partial charge in [-0.15, -0.1) is 12.4 Å². The van der Waals surface area contributed by atoms with Crippen molar-refractivity contribution in [2.75, 3.05) is 18.4 Å². The highest BCUT2D eigenvalue weighted by molar-refractivity contribution is 9.10. The van der Waals surface area contributed by atoms with Gasteiger partial charge in [-0.05, 0) is 37.1 Å². The number of halogens is 2. The Morgan fingerprint density at radius 3 is 2.18 bits per heavy atom. The maximum Gasteiger partial charge on any atom is 0.243 e. The lowest BCUT2D eigenvalue weighted by Gasteiger charge is -2.28. The maximum absolute atomic E-state index is 12.2. The normalized spacial score (nSPS) is 10.5. The summed E-state index contributed by atoms with van der Waals surface area (Å²) < 4.78 is 0.937. The van der Waals surface area contributed by atoms with Gasteiger partial charge in [-0.2, -0.15) is 0 Å². The van der Waals surface area contributed by atoms with E-state index in [-0.39, 0.29) is 37.3 Å². The number of anilines is 1. The monoisotopic (exact) mass is 391 g/mol. The number of carbonyl (C=O) groups is 2. The quantitative estimate of drug-likeness (QED) is 0.667. The van der Waals surface area contributed by atoms with Crippen LogP contribution in [0.5, 0.6) is 0 Å². The van der Waals surface area contributed by atoms with Crippen molar-refractivity contribution in [1.29, 1.82) is 0 Å². The van der Waals surface area contributed by atoms with Crippen LogP contribution in [0, 0.1) is 5.41 Å². The molecule has 1 aromatic carbocycles. The van der Waals surface area contributed by atoms with Gasteiger partial charge in [0.15, 0.2) is 0 Å². The van der Waals surface area contributed by atoms with E-state index in [4.69, 9.17) is 5.73 Å². The molecule has 0 radical (unpaired) electrons. The minimum atomic E-state index is -0.585. The molecule has 2 amide bonds. The lowest BCUT2D eigenvalue weighted by atomic mass is 9.81. The number of benzene rings is 1. The Balaban J connectivity index is 0.00000441. The minimum absolute atomic E-state index is 0. The Bertz CT molecular complexity index is 482. The molecule has 22 heavy (non-hydrogen) atoms. The largest absolute Gasteiger partial charge is 0.347 e. The third-order valence-electron chi connectivity index (χ3n) is 3.76. The van der Waals surface area contributed by atoms with E-state index >= 15 is 0 Å². The predicted molar refractivity (Wildman–Crippen MR) is 95.1 cm³/mol. The van der Waals surface area contributed by atoms with Gasteiger partial charge in [0.2, 0.25) is 11.8 Å². The highest BCUT2D eigenvalue weighted by Gasteiger charge is 2.33. The standard InChI is InChI=1S/C15H22BrN3O2.ClH/c1-3-15(4-2,10-17)14(21)18-9-13(20)19-12-7-5-11(16)6-8-12;/h5-8H,3-4,9-10,17H2,1-2H3,(H,18,21)(H,19,20);1H. The predicted octanol–water partition coefficient (Wildman–Crippen LogP) is 2.69. The van der Waals surface area contributed by atoms with Crippen LogP contribution in [0.2, 0.25) is 0 Å². The molecule has 4 N–H and O–H groups in total. The fourth-order valence-electron chi connectivity index (χ4n) is 2.04. The van der Waals surface area contributed by atoms with Gasteiger partial charge in [0.25, 0.3) is 0 Å². The Morgan fingerprint density at radius 1 is 1.18 bits per heavy atom. The summed E-state index contributed by atoms with van der Waals surface area (Å²) in [4.78, 5) is 24.0. The van der Waals surface area contributed by atoms with E-state index in [1.165, 1.54) is 0 Å². The molecule has 0 saturated carbocycles. The summed E-state index contributed by atoms with van der Waals surface area (Å²) in [7, 11) is 0. The summed E-state index contributed by atoms with van der Waals surface area (Å²) in [5.41, 5.74) is 5.81. The average molecular weight is 393 g/mol. The first-order valence-corrected chi connectivity index (χ1v) is 7.80. The van der Waals surface area contributed by atoms with Gasteiger partial charge in [0.1, 0.15) is 0 Å². The molecular weight excluding hydrogens is 370 g/mol. The first kappa shape index (κ1) is 20.9. The van der Waals surface area contributed by atoms with Crippen molar-refractivity contribution in [3.05, 3.63) is 28.7 Å². The van der Waals surface area contributed by atoms with Crippen molar-refractivity contribution >= 4 is 45.8 Å². The van der Waals surface area contributed by atoms with E-state index in [0.717, 1.165) is 4.47 Å². The third-order valence-corrected chi connectivity index (χ3v) is 4.29. The summed E-state index contributed by atoms with van der Waals surface area (Å²) in [6, 6.07) is 7.24. The number of hydrogen-bond acceptors (Lipinski definition) is 3. The Labute approximate surface area is 145 Å². The van der Waals surface area contributed by atoms with Crippen molar-refractivity contribution in [2.45, 2.75) is 26.7 Å². The van der Waals surface area contributed by atoms with Crippen LogP contribution in [0.15, 0.2) is 28.7 Å². The van der Waals surface area contributed by atoms with E-state index in [9.17, 15) is 9.59 Å². The van der Waals surface area contributed by atoms with Gasteiger partial charge >= 0.3 is 0 Å². The van der Waals surface area contributed by atoms with Crippen LogP contribution in [0.3, 0.4) is 0 Å². The van der Waals surface area contributed by atoms with Gasteiger partial charge in [-0.1, -0.05) is 29.8 Å². The van der Waals surface area contributed by atoms with E-state index in [1.807, 2.05) is 26.0 Å². The molecule has 0 heterocycles. The molecule has 0 fully saturated rings. The maximum atomic E-state index is 12.2. The smallest absolute Gasteiger partial charge is 0.243 e. The van der Waals surface area contributed by atoms with Gasteiger partial charge in [-0.3, -0.25) is 9.59 Å². The second kappa shape index (κ2) is 9.82. The molecule has 0 atom stereocenters. The Kier molecular flexibility index (Phi) is 9.32. The summed E-state index contributed by atoms with van der Waals surface area (Å²) >= 11 is 3.33. The summed E-state index contributed by atoms with van der Waals surface area (Å²) in [6.07, 6.45) is 1.31. The number of nitrogens with one attached hydrogen (secondary N) is 2. The van der Waals surface area contributed by atoms with Gasteiger partial charge < -0.3 is 16.4 Å². The van der Waals surface area contributed by atoms with Crippen LogP contribution in [0.4, 0.5) is 5.69 Å². The molecule has 0 aliphatic carbocycles. The lowest BCUT2D eigenvalue weighted by molar-refractivity contribution is -0.132. The molecule has 0 aliphatic heterocycles. The van der Waals surface area contributed by atoms with Gasteiger partial charge in [-0.25, -0.2) is 0 Å². The van der Waals surface area contributed by atoms with Crippen LogP contribution >= 0.6 is 28.3 Å². The van der Waals surface area contributed by atoms with Crippen LogP contribution in [-0.2, 0) is 9.59 Å². The zero-order chi connectivity index (χ0) is 15.9. The number of amides is 2. The van der Waals surface area contributed by atoms with Crippen LogP contribution < -0.4 is 16.4 Å². The Morgan fingerprint density at radius 2 is 1.73 bits per heavy atom. The second-order valence-corrected chi connectivity index (χ2v) is 5.84. The molecule has 0 unspecified atom stereocenters. The highest BCUT2D eigenvalue weighted by atomic mass is 79.9. The van der Waals surface area contributed by atoms with E-state index < -0.39 is 5.41 Å². The van der Waals surface area contributed by atoms with E-state index in [2.05, 4.69) is 26.6 Å². The second-order valence-electron chi connectivity index (χ2n) is 4.93. The van der Waals surface area contributed by atoms with Crippen molar-refractivity contribution in [3.8, 4) is 0 Å². The van der Waals surface area contributed by atoms with Crippen molar-refractivity contribution < 1.29 is 9.59 Å². The average Bonchev–Trinajstić information content (AvgIpc) is 2.50. The first-order valence-electron chi connectivity index (χ1n) is 7.01. The third kappa shape index (κ3) is 5.59. The fraction of sp³-hybridized carbons (Fsp3) is 0.467. The summed E-state index contributed by atoms with van der Waals surface area (Å²) in [5, 5.41) is 5.39. The molecule has 1 rings (SSSR count). The van der Waals surface area contributed by atoms with Gasteiger partial charge in [0.05, 0.1) is 12.0 Å². The molecule has 0 aliphatic rings. The zero-order valence-electron chi connectivity index (χ0n) is 12.8. The molecule has 0 spiro atoms. The summed E-state index contributed by atoms with van der Waals surface area (Å²) in [6.45, 7) is 4.08. The molecule has 1 aromatic rings. The molecule has 7 heteroatoms. The summed E-state index contributed by atoms with van der Waals surface area (Å²) in [5.74, 6) is -0.426. The number of rotatable bonds is 7. The van der Waals surface area contributed by atoms with Crippen LogP contribution in [0.25, 0.3) is 0 Å². The molecular formula is C15H23BrClN3O2. The number of nitrogens with two attached hydrogens (primary N) is 1.